The van der Waals surface area contributed by atoms with Gasteiger partial charge in [-0.3, -0.25) is 14.8 Å². The van der Waals surface area contributed by atoms with Gasteiger partial charge < -0.3 is 4.74 Å². The topological polar surface area (TPSA) is 52.1 Å². The van der Waals surface area contributed by atoms with Gasteiger partial charge in [0.25, 0.3) is 0 Å². The predicted molar refractivity (Wildman–Crippen MR) is 72.5 cm³/mol. The number of ketones is 1. The van der Waals surface area contributed by atoms with Crippen LogP contribution in [-0.2, 0) is 6.42 Å². The van der Waals surface area contributed by atoms with Crippen molar-refractivity contribution in [1.82, 2.24) is 9.97 Å². The minimum absolute atomic E-state index is 0.00889. The van der Waals surface area contributed by atoms with Gasteiger partial charge in [0, 0.05) is 35.3 Å². The number of pyridine rings is 2. The van der Waals surface area contributed by atoms with Crippen molar-refractivity contribution < 1.29 is 9.53 Å². The molecule has 0 spiro atoms. The van der Waals surface area contributed by atoms with E-state index in [0.717, 1.165) is 22.6 Å². The summed E-state index contributed by atoms with van der Waals surface area (Å²) < 4.78 is 5.34. The van der Waals surface area contributed by atoms with Crippen LogP contribution in [0.25, 0.3) is 0 Å². The highest BCUT2D eigenvalue weighted by molar-refractivity contribution is 5.97. The Bertz CT molecular complexity index is 595. The molecule has 0 aromatic carbocycles. The van der Waals surface area contributed by atoms with Crippen molar-refractivity contribution in [2.75, 3.05) is 7.11 Å². The lowest BCUT2D eigenvalue weighted by molar-refractivity contribution is 0.0991. The molecule has 4 nitrogen and oxygen atoms in total. The maximum atomic E-state index is 12.1. The molecular weight excluding hydrogens is 240 g/mol. The Morgan fingerprint density at radius 2 is 2.11 bits per heavy atom. The Balaban J connectivity index is 2.27. The molecule has 0 radical (unpaired) electrons. The van der Waals surface area contributed by atoms with Crippen LogP contribution in [0.15, 0.2) is 30.7 Å². The number of aromatic nitrogens is 2. The molecule has 0 aliphatic carbocycles. The standard InChI is InChI=1S/C15H16N2O2/c1-10-8-17-13(11(2)15(10)19-3)7-14(18)12-5-4-6-16-9-12/h4-6,8-9H,7H2,1-3H3. The van der Waals surface area contributed by atoms with Crippen LogP contribution in [0.3, 0.4) is 0 Å². The number of Topliss-reactive ketones (excluding diaryl/α,β-unsaturated/α-hetero) is 1. The zero-order valence-corrected chi connectivity index (χ0v) is 11.3. The largest absolute Gasteiger partial charge is 0.496 e. The first-order valence-corrected chi connectivity index (χ1v) is 6.05. The fraction of sp³-hybridized carbons (Fsp3) is 0.267. The second-order valence-corrected chi connectivity index (χ2v) is 4.39. The van der Waals surface area contributed by atoms with Crippen molar-refractivity contribution in [2.24, 2.45) is 0 Å². The van der Waals surface area contributed by atoms with Crippen LogP contribution >= 0.6 is 0 Å². The van der Waals surface area contributed by atoms with E-state index in [2.05, 4.69) is 9.97 Å². The summed E-state index contributed by atoms with van der Waals surface area (Å²) in [6, 6.07) is 3.51. The van der Waals surface area contributed by atoms with Gasteiger partial charge >= 0.3 is 0 Å². The molecule has 98 valence electrons. The second kappa shape index (κ2) is 5.61. The molecular formula is C15H16N2O2. The van der Waals surface area contributed by atoms with E-state index in [1.165, 1.54) is 0 Å². The number of rotatable bonds is 4. The van der Waals surface area contributed by atoms with Crippen LogP contribution < -0.4 is 4.74 Å². The number of carbonyl (C=O) groups is 1. The first kappa shape index (κ1) is 13.2. The Kier molecular flexibility index (Phi) is 3.90. The molecule has 0 bridgehead atoms. The van der Waals surface area contributed by atoms with Crippen LogP contribution in [0.1, 0.15) is 27.2 Å². The smallest absolute Gasteiger partial charge is 0.170 e. The molecule has 0 atom stereocenters. The molecule has 0 fully saturated rings. The maximum Gasteiger partial charge on any atom is 0.170 e. The van der Waals surface area contributed by atoms with E-state index in [1.54, 1.807) is 37.8 Å². The van der Waals surface area contributed by atoms with Gasteiger partial charge in [-0.05, 0) is 26.0 Å². The molecule has 2 aromatic heterocycles. The molecule has 2 aromatic rings. The summed E-state index contributed by atoms with van der Waals surface area (Å²) in [4.78, 5) is 20.4. The molecule has 2 heterocycles. The van der Waals surface area contributed by atoms with E-state index in [-0.39, 0.29) is 12.2 Å². The van der Waals surface area contributed by atoms with Crippen molar-refractivity contribution in [3.05, 3.63) is 53.1 Å². The molecule has 0 amide bonds. The summed E-state index contributed by atoms with van der Waals surface area (Å²) in [5, 5.41) is 0. The lowest BCUT2D eigenvalue weighted by Crippen LogP contribution is -2.08. The average Bonchev–Trinajstić information content (AvgIpc) is 2.43. The lowest BCUT2D eigenvalue weighted by atomic mass is 10.0. The Labute approximate surface area is 112 Å². The molecule has 0 saturated carbocycles. The predicted octanol–water partition coefficient (Wildman–Crippen LogP) is 2.53. The molecule has 19 heavy (non-hydrogen) atoms. The van der Waals surface area contributed by atoms with Crippen molar-refractivity contribution in [2.45, 2.75) is 20.3 Å². The van der Waals surface area contributed by atoms with Crippen molar-refractivity contribution in [1.29, 1.82) is 0 Å². The first-order valence-electron chi connectivity index (χ1n) is 6.05. The summed E-state index contributed by atoms with van der Waals surface area (Å²) in [6.07, 6.45) is 5.21. The minimum atomic E-state index is 0.00889. The number of hydrogen-bond acceptors (Lipinski definition) is 4. The third-order valence-corrected chi connectivity index (χ3v) is 3.06. The normalized spacial score (nSPS) is 10.3. The molecule has 2 rings (SSSR count). The lowest BCUT2D eigenvalue weighted by Gasteiger charge is -2.11. The van der Waals surface area contributed by atoms with E-state index in [9.17, 15) is 4.79 Å². The zero-order chi connectivity index (χ0) is 13.8. The number of hydrogen-bond donors (Lipinski definition) is 0. The van der Waals surface area contributed by atoms with E-state index in [0.29, 0.717) is 5.56 Å². The highest BCUT2D eigenvalue weighted by Gasteiger charge is 2.14. The van der Waals surface area contributed by atoms with Gasteiger partial charge in [-0.1, -0.05) is 0 Å². The summed E-state index contributed by atoms with van der Waals surface area (Å²) in [5.41, 5.74) is 3.23. The van der Waals surface area contributed by atoms with Crippen molar-refractivity contribution in [3.63, 3.8) is 0 Å². The van der Waals surface area contributed by atoms with Crippen LogP contribution in [0.2, 0.25) is 0 Å². The van der Waals surface area contributed by atoms with Gasteiger partial charge in [-0.25, -0.2) is 0 Å². The zero-order valence-electron chi connectivity index (χ0n) is 11.3. The quantitative estimate of drug-likeness (QED) is 0.789. The van der Waals surface area contributed by atoms with E-state index in [4.69, 9.17) is 4.74 Å². The summed E-state index contributed by atoms with van der Waals surface area (Å²) in [7, 11) is 1.63. The number of nitrogens with zero attached hydrogens (tertiary/aromatic N) is 2. The van der Waals surface area contributed by atoms with E-state index >= 15 is 0 Å². The van der Waals surface area contributed by atoms with Crippen LogP contribution in [0.5, 0.6) is 5.75 Å². The molecule has 0 N–H and O–H groups in total. The van der Waals surface area contributed by atoms with Gasteiger partial charge in [0.15, 0.2) is 5.78 Å². The Morgan fingerprint density at radius 1 is 1.32 bits per heavy atom. The fourth-order valence-corrected chi connectivity index (χ4v) is 2.03. The summed E-state index contributed by atoms with van der Waals surface area (Å²) in [6.45, 7) is 3.86. The van der Waals surface area contributed by atoms with Gasteiger partial charge in [-0.2, -0.15) is 0 Å². The monoisotopic (exact) mass is 256 g/mol. The van der Waals surface area contributed by atoms with Gasteiger partial charge in [0.2, 0.25) is 0 Å². The van der Waals surface area contributed by atoms with E-state index < -0.39 is 0 Å². The van der Waals surface area contributed by atoms with Crippen LogP contribution in [-0.4, -0.2) is 22.9 Å². The first-order chi connectivity index (χ1) is 9.13. The maximum absolute atomic E-state index is 12.1. The van der Waals surface area contributed by atoms with Crippen molar-refractivity contribution in [3.8, 4) is 5.75 Å². The van der Waals surface area contributed by atoms with Gasteiger partial charge in [-0.15, -0.1) is 0 Å². The fourth-order valence-electron chi connectivity index (χ4n) is 2.03. The van der Waals surface area contributed by atoms with Gasteiger partial charge in [0.1, 0.15) is 5.75 Å². The third kappa shape index (κ3) is 2.78. The molecule has 0 unspecified atom stereocenters. The molecule has 4 heteroatoms. The average molecular weight is 256 g/mol. The molecule has 0 aliphatic rings. The Hall–Kier alpha value is -2.23. The van der Waals surface area contributed by atoms with Crippen LogP contribution in [0.4, 0.5) is 0 Å². The van der Waals surface area contributed by atoms with Crippen molar-refractivity contribution >= 4 is 5.78 Å². The van der Waals surface area contributed by atoms with E-state index in [1.807, 2.05) is 13.8 Å². The highest BCUT2D eigenvalue weighted by Crippen LogP contribution is 2.24. The number of aryl methyl sites for hydroxylation is 1. The third-order valence-electron chi connectivity index (χ3n) is 3.06. The summed E-state index contributed by atoms with van der Waals surface area (Å²) >= 11 is 0. The number of carbonyl (C=O) groups excluding carboxylic acids is 1. The highest BCUT2D eigenvalue weighted by atomic mass is 16.5. The van der Waals surface area contributed by atoms with Gasteiger partial charge in [0.05, 0.1) is 19.2 Å². The Morgan fingerprint density at radius 3 is 2.74 bits per heavy atom. The number of methoxy groups -OCH3 is 1. The number of ether oxygens (including phenoxy) is 1. The molecule has 0 saturated heterocycles. The SMILES string of the molecule is COc1c(C)cnc(CC(=O)c2cccnc2)c1C. The minimum Gasteiger partial charge on any atom is -0.496 e. The van der Waals surface area contributed by atoms with Crippen LogP contribution in [0, 0.1) is 13.8 Å². The molecule has 0 aliphatic heterocycles. The summed E-state index contributed by atoms with van der Waals surface area (Å²) in [5.74, 6) is 0.804. The second-order valence-electron chi connectivity index (χ2n) is 4.39.